The monoisotopic (exact) mass is 377 g/mol. The molecule has 28 heavy (non-hydrogen) atoms. The second-order valence-corrected chi connectivity index (χ2v) is 6.33. The third-order valence-electron chi connectivity index (χ3n) is 4.62. The van der Waals surface area contributed by atoms with Gasteiger partial charge in [0.15, 0.2) is 6.61 Å². The second-order valence-electron chi connectivity index (χ2n) is 6.33. The summed E-state index contributed by atoms with van der Waals surface area (Å²) in [6, 6.07) is 17.2. The topological polar surface area (TPSA) is 65.8 Å². The van der Waals surface area contributed by atoms with E-state index >= 15 is 0 Å². The van der Waals surface area contributed by atoms with Gasteiger partial charge in [0, 0.05) is 32.3 Å². The molecule has 3 rings (SSSR count). The van der Waals surface area contributed by atoms with Gasteiger partial charge in [0.05, 0.1) is 12.8 Å². The Morgan fingerprint density at radius 1 is 1.11 bits per heavy atom. The molecule has 1 fully saturated rings. The van der Waals surface area contributed by atoms with Crippen molar-refractivity contribution in [1.29, 1.82) is 5.26 Å². The van der Waals surface area contributed by atoms with Gasteiger partial charge in [0.1, 0.15) is 17.6 Å². The van der Waals surface area contributed by atoms with Crippen LogP contribution in [0.3, 0.4) is 0 Å². The molecular weight excluding hydrogens is 354 g/mol. The van der Waals surface area contributed by atoms with Crippen LogP contribution in [-0.2, 0) is 4.79 Å². The fourth-order valence-corrected chi connectivity index (χ4v) is 3.12. The van der Waals surface area contributed by atoms with Gasteiger partial charge in [0.2, 0.25) is 5.91 Å². The fourth-order valence-electron chi connectivity index (χ4n) is 3.12. The number of para-hydroxylation sites is 2. The van der Waals surface area contributed by atoms with Crippen LogP contribution in [0.4, 0.5) is 5.69 Å². The molecule has 6 nitrogen and oxygen atoms in total. The first-order valence-corrected chi connectivity index (χ1v) is 9.16. The van der Waals surface area contributed by atoms with E-state index in [1.165, 1.54) is 0 Å². The SMILES string of the molecule is COc1ccccc1N1CCN(C(=O)/C=C/c2ccc(OCC#N)cc2)CC1. The largest absolute Gasteiger partial charge is 0.495 e. The number of nitrogens with zero attached hydrogens (tertiary/aromatic N) is 3. The van der Waals surface area contributed by atoms with Gasteiger partial charge < -0.3 is 19.3 Å². The first-order valence-electron chi connectivity index (χ1n) is 9.16. The Morgan fingerprint density at radius 3 is 2.50 bits per heavy atom. The van der Waals surface area contributed by atoms with Gasteiger partial charge >= 0.3 is 0 Å². The summed E-state index contributed by atoms with van der Waals surface area (Å²) in [4.78, 5) is 16.6. The molecule has 144 valence electrons. The molecule has 1 aliphatic heterocycles. The average Bonchev–Trinajstić information content (AvgIpc) is 2.76. The van der Waals surface area contributed by atoms with Crippen LogP contribution < -0.4 is 14.4 Å². The van der Waals surface area contributed by atoms with Gasteiger partial charge in [-0.1, -0.05) is 24.3 Å². The highest BCUT2D eigenvalue weighted by Gasteiger charge is 2.21. The minimum atomic E-state index is 0.00415. The molecule has 1 saturated heterocycles. The Balaban J connectivity index is 1.54. The maximum absolute atomic E-state index is 12.5. The molecular formula is C22H23N3O3. The molecule has 0 unspecified atom stereocenters. The van der Waals surface area contributed by atoms with Crippen LogP contribution in [0.15, 0.2) is 54.6 Å². The molecule has 2 aromatic rings. The third kappa shape index (κ3) is 4.83. The number of carbonyl (C=O) groups excluding carboxylic acids is 1. The number of hydrogen-bond donors (Lipinski definition) is 0. The molecule has 6 heteroatoms. The van der Waals surface area contributed by atoms with E-state index in [-0.39, 0.29) is 12.5 Å². The number of benzene rings is 2. The highest BCUT2D eigenvalue weighted by Crippen LogP contribution is 2.28. The van der Waals surface area contributed by atoms with Crippen molar-refractivity contribution in [3.05, 3.63) is 60.2 Å². The normalized spacial score (nSPS) is 14.0. The summed E-state index contributed by atoms with van der Waals surface area (Å²) in [6.07, 6.45) is 3.40. The van der Waals surface area contributed by atoms with Crippen molar-refractivity contribution >= 4 is 17.7 Å². The van der Waals surface area contributed by atoms with Crippen molar-refractivity contribution in [3.8, 4) is 17.6 Å². The first-order chi connectivity index (χ1) is 13.7. The zero-order valence-electron chi connectivity index (χ0n) is 15.9. The van der Waals surface area contributed by atoms with Gasteiger partial charge in [-0.3, -0.25) is 4.79 Å². The van der Waals surface area contributed by atoms with Gasteiger partial charge in [-0.05, 0) is 35.9 Å². The molecule has 0 bridgehead atoms. The molecule has 0 radical (unpaired) electrons. The lowest BCUT2D eigenvalue weighted by Gasteiger charge is -2.36. The van der Waals surface area contributed by atoms with Gasteiger partial charge in [-0.2, -0.15) is 5.26 Å². The van der Waals surface area contributed by atoms with Crippen molar-refractivity contribution < 1.29 is 14.3 Å². The van der Waals surface area contributed by atoms with E-state index in [4.69, 9.17) is 14.7 Å². The lowest BCUT2D eigenvalue weighted by molar-refractivity contribution is -0.126. The Bertz CT molecular complexity index is 863. The van der Waals surface area contributed by atoms with Gasteiger partial charge in [-0.25, -0.2) is 0 Å². The number of hydrogen-bond acceptors (Lipinski definition) is 5. The van der Waals surface area contributed by atoms with E-state index in [2.05, 4.69) is 4.90 Å². The Morgan fingerprint density at radius 2 is 1.82 bits per heavy atom. The lowest BCUT2D eigenvalue weighted by atomic mass is 10.2. The van der Waals surface area contributed by atoms with Gasteiger partial charge in [-0.15, -0.1) is 0 Å². The smallest absolute Gasteiger partial charge is 0.246 e. The fraction of sp³-hybridized carbons (Fsp3) is 0.273. The summed E-state index contributed by atoms with van der Waals surface area (Å²) < 4.78 is 10.7. The van der Waals surface area contributed by atoms with Crippen molar-refractivity contribution in [2.24, 2.45) is 0 Å². The number of amides is 1. The zero-order chi connectivity index (χ0) is 19.8. The van der Waals surface area contributed by atoms with E-state index in [0.717, 1.165) is 30.1 Å². The van der Waals surface area contributed by atoms with Crippen LogP contribution in [-0.4, -0.2) is 50.7 Å². The van der Waals surface area contributed by atoms with Crippen molar-refractivity contribution in [3.63, 3.8) is 0 Å². The molecule has 0 saturated carbocycles. The molecule has 2 aromatic carbocycles. The molecule has 1 aliphatic rings. The first kappa shape index (κ1) is 19.3. The summed E-state index contributed by atoms with van der Waals surface area (Å²) in [6.45, 7) is 2.90. The van der Waals surface area contributed by atoms with Crippen LogP contribution in [0.2, 0.25) is 0 Å². The van der Waals surface area contributed by atoms with Crippen molar-refractivity contribution in [2.45, 2.75) is 0 Å². The Kier molecular flexibility index (Phi) is 6.53. The maximum Gasteiger partial charge on any atom is 0.246 e. The lowest BCUT2D eigenvalue weighted by Crippen LogP contribution is -2.48. The molecule has 1 heterocycles. The van der Waals surface area contributed by atoms with E-state index < -0.39 is 0 Å². The van der Waals surface area contributed by atoms with E-state index in [9.17, 15) is 4.79 Å². The van der Waals surface area contributed by atoms with Crippen LogP contribution in [0.25, 0.3) is 6.08 Å². The molecule has 0 atom stereocenters. The standard InChI is InChI=1S/C22H23N3O3/c1-27-21-5-3-2-4-20(21)24-13-15-25(16-14-24)22(26)11-8-18-6-9-19(10-7-18)28-17-12-23/h2-11H,13-17H2,1H3/b11-8+. The number of nitriles is 1. The van der Waals surface area contributed by atoms with Crippen molar-refractivity contribution in [2.75, 3.05) is 44.8 Å². The number of piperazine rings is 1. The van der Waals surface area contributed by atoms with E-state index in [1.54, 1.807) is 31.4 Å². The summed E-state index contributed by atoms with van der Waals surface area (Å²) in [5, 5.41) is 8.52. The van der Waals surface area contributed by atoms with Crippen LogP contribution >= 0.6 is 0 Å². The quantitative estimate of drug-likeness (QED) is 0.724. The summed E-state index contributed by atoms with van der Waals surface area (Å²) in [5.74, 6) is 1.49. The van der Waals surface area contributed by atoms with Crippen LogP contribution in [0, 0.1) is 11.3 Å². The predicted molar refractivity (Wildman–Crippen MR) is 108 cm³/mol. The number of methoxy groups -OCH3 is 1. The van der Waals surface area contributed by atoms with E-state index in [1.807, 2.05) is 47.4 Å². The second kappa shape index (κ2) is 9.47. The number of rotatable bonds is 6. The predicted octanol–water partition coefficient (Wildman–Crippen LogP) is 2.96. The van der Waals surface area contributed by atoms with Crippen LogP contribution in [0.5, 0.6) is 11.5 Å². The Hall–Kier alpha value is -3.46. The third-order valence-corrected chi connectivity index (χ3v) is 4.62. The van der Waals surface area contributed by atoms with Gasteiger partial charge in [0.25, 0.3) is 0 Å². The maximum atomic E-state index is 12.5. The number of carbonyl (C=O) groups is 1. The number of ether oxygens (including phenoxy) is 2. The summed E-state index contributed by atoms with van der Waals surface area (Å²) in [7, 11) is 1.67. The molecule has 0 aliphatic carbocycles. The zero-order valence-corrected chi connectivity index (χ0v) is 15.9. The number of anilines is 1. The van der Waals surface area contributed by atoms with Crippen molar-refractivity contribution in [1.82, 2.24) is 4.90 Å². The highest BCUT2D eigenvalue weighted by molar-refractivity contribution is 5.92. The summed E-state index contributed by atoms with van der Waals surface area (Å²) >= 11 is 0. The minimum Gasteiger partial charge on any atom is -0.495 e. The van der Waals surface area contributed by atoms with Crippen LogP contribution in [0.1, 0.15) is 5.56 Å². The molecule has 0 N–H and O–H groups in total. The average molecular weight is 377 g/mol. The molecule has 0 spiro atoms. The minimum absolute atomic E-state index is 0.00415. The Labute approximate surface area is 165 Å². The summed E-state index contributed by atoms with van der Waals surface area (Å²) in [5.41, 5.74) is 1.97. The highest BCUT2D eigenvalue weighted by atomic mass is 16.5. The molecule has 0 aromatic heterocycles. The van der Waals surface area contributed by atoms with E-state index in [0.29, 0.717) is 18.8 Å². The molecule has 1 amide bonds.